The van der Waals surface area contributed by atoms with Crippen LogP contribution in [0.5, 0.6) is 0 Å². The highest BCUT2D eigenvalue weighted by Crippen LogP contribution is 2.35. The van der Waals surface area contributed by atoms with Gasteiger partial charge in [0.25, 0.3) is 0 Å². The fourth-order valence-electron chi connectivity index (χ4n) is 4.94. The molecule has 1 fully saturated rings. The Morgan fingerprint density at radius 3 is 2.42 bits per heavy atom. The Balaban J connectivity index is 1.68. The Labute approximate surface area is 230 Å². The standard InChI is InChI=1S/C33H46N2O3/c1-6-7-8-9-10-11-12-14-17-27-20-22-29(23-21-27)31(34-26(2)3)30-25-38-33(4,5)35(30)32(36)37-24-28-18-15-13-16-19-28/h13,15-16,18-23,26,30-31,34H,6-12,24-25H2,1-5H3/t30-,31-/m1/s1. The van der Waals surface area contributed by atoms with E-state index in [4.69, 9.17) is 9.47 Å². The second kappa shape index (κ2) is 15.0. The molecule has 0 saturated carbocycles. The van der Waals surface area contributed by atoms with Crippen LogP contribution in [0, 0.1) is 11.8 Å². The maximum atomic E-state index is 13.3. The molecule has 0 spiro atoms. The second-order valence-electron chi connectivity index (χ2n) is 11.0. The van der Waals surface area contributed by atoms with Crippen LogP contribution < -0.4 is 5.32 Å². The zero-order valence-corrected chi connectivity index (χ0v) is 24.0. The number of nitrogens with zero attached hydrogens (tertiary/aromatic N) is 1. The topological polar surface area (TPSA) is 50.8 Å². The molecule has 0 bridgehead atoms. The van der Waals surface area contributed by atoms with Crippen molar-refractivity contribution in [3.05, 3.63) is 71.3 Å². The van der Waals surface area contributed by atoms with Crippen LogP contribution in [0.15, 0.2) is 54.6 Å². The minimum Gasteiger partial charge on any atom is -0.444 e. The summed E-state index contributed by atoms with van der Waals surface area (Å²) in [7, 11) is 0. The van der Waals surface area contributed by atoms with Gasteiger partial charge < -0.3 is 14.8 Å². The summed E-state index contributed by atoms with van der Waals surface area (Å²) in [6.45, 7) is 11.0. The van der Waals surface area contributed by atoms with E-state index in [1.807, 2.05) is 44.2 Å². The van der Waals surface area contributed by atoms with Crippen molar-refractivity contribution in [1.82, 2.24) is 10.2 Å². The van der Waals surface area contributed by atoms with Crippen LogP contribution in [0.2, 0.25) is 0 Å². The Kier molecular flexibility index (Phi) is 11.7. The molecule has 3 rings (SSSR count). The maximum absolute atomic E-state index is 13.3. The SMILES string of the molecule is CCCCCCCCC#Cc1ccc([C@@H](NC(C)C)[C@H]2COC(C)(C)N2C(=O)OCc2ccccc2)cc1. The third-order valence-corrected chi connectivity index (χ3v) is 6.98. The van der Waals surface area contributed by atoms with Gasteiger partial charge in [0.05, 0.1) is 18.7 Å². The molecule has 5 nitrogen and oxygen atoms in total. The van der Waals surface area contributed by atoms with Crippen LogP contribution in [0.25, 0.3) is 0 Å². The molecule has 1 heterocycles. The molecule has 2 aromatic rings. The lowest BCUT2D eigenvalue weighted by Crippen LogP contribution is -2.52. The predicted molar refractivity (Wildman–Crippen MR) is 155 cm³/mol. The van der Waals surface area contributed by atoms with E-state index in [0.29, 0.717) is 6.61 Å². The smallest absolute Gasteiger partial charge is 0.412 e. The van der Waals surface area contributed by atoms with Gasteiger partial charge in [-0.1, -0.05) is 107 Å². The largest absolute Gasteiger partial charge is 0.444 e. The maximum Gasteiger partial charge on any atom is 0.412 e. The Hall–Kier alpha value is -2.81. The number of nitrogens with one attached hydrogen (secondary N) is 1. The van der Waals surface area contributed by atoms with Crippen molar-refractivity contribution < 1.29 is 14.3 Å². The van der Waals surface area contributed by atoms with E-state index < -0.39 is 5.72 Å². The monoisotopic (exact) mass is 518 g/mol. The summed E-state index contributed by atoms with van der Waals surface area (Å²) in [5.74, 6) is 6.65. The lowest BCUT2D eigenvalue weighted by molar-refractivity contribution is -0.0504. The van der Waals surface area contributed by atoms with Gasteiger partial charge >= 0.3 is 6.09 Å². The molecule has 1 aliphatic rings. The zero-order chi connectivity index (χ0) is 27.4. The molecule has 1 amide bonds. The third-order valence-electron chi connectivity index (χ3n) is 6.98. The third kappa shape index (κ3) is 8.89. The molecular formula is C33H46N2O3. The first-order chi connectivity index (χ1) is 18.3. The van der Waals surface area contributed by atoms with E-state index in [-0.39, 0.29) is 30.8 Å². The summed E-state index contributed by atoms with van der Waals surface area (Å²) < 4.78 is 11.9. The average Bonchev–Trinajstić information content (AvgIpc) is 3.23. The number of hydrogen-bond donors (Lipinski definition) is 1. The number of benzene rings is 2. The minimum atomic E-state index is -0.767. The molecule has 1 aliphatic heterocycles. The van der Waals surface area contributed by atoms with Gasteiger partial charge in [-0.15, -0.1) is 0 Å². The fourth-order valence-corrected chi connectivity index (χ4v) is 4.94. The predicted octanol–water partition coefficient (Wildman–Crippen LogP) is 7.60. The number of carbonyl (C=O) groups is 1. The number of hydrogen-bond acceptors (Lipinski definition) is 4. The first kappa shape index (κ1) is 29.7. The van der Waals surface area contributed by atoms with E-state index in [9.17, 15) is 4.79 Å². The number of amides is 1. The minimum absolute atomic E-state index is 0.105. The van der Waals surface area contributed by atoms with Crippen LogP contribution in [-0.2, 0) is 16.1 Å². The highest BCUT2D eigenvalue weighted by molar-refractivity contribution is 5.69. The normalized spacial score (nSPS) is 17.2. The lowest BCUT2D eigenvalue weighted by atomic mass is 9.96. The second-order valence-corrected chi connectivity index (χ2v) is 11.0. The summed E-state index contributed by atoms with van der Waals surface area (Å²) in [5.41, 5.74) is 2.31. The number of unbranched alkanes of at least 4 members (excludes halogenated alkanes) is 6. The van der Waals surface area contributed by atoms with Crippen LogP contribution >= 0.6 is 0 Å². The molecule has 38 heavy (non-hydrogen) atoms. The average molecular weight is 519 g/mol. The van der Waals surface area contributed by atoms with Crippen molar-refractivity contribution in [3.8, 4) is 11.8 Å². The number of carbonyl (C=O) groups excluding carboxylic acids is 1. The van der Waals surface area contributed by atoms with Gasteiger partial charge in [0.15, 0.2) is 0 Å². The summed E-state index contributed by atoms with van der Waals surface area (Å²) in [6, 6.07) is 18.1. The van der Waals surface area contributed by atoms with Gasteiger partial charge in [0.2, 0.25) is 0 Å². The molecular weight excluding hydrogens is 472 g/mol. The van der Waals surface area contributed by atoms with Gasteiger partial charge in [0, 0.05) is 18.0 Å². The molecule has 1 N–H and O–H groups in total. The van der Waals surface area contributed by atoms with Gasteiger partial charge in [0.1, 0.15) is 12.3 Å². The Bertz CT molecular complexity index is 1040. The summed E-state index contributed by atoms with van der Waals surface area (Å²) >= 11 is 0. The molecule has 1 saturated heterocycles. The van der Waals surface area contributed by atoms with Crippen molar-refractivity contribution in [3.63, 3.8) is 0 Å². The van der Waals surface area contributed by atoms with Crippen molar-refractivity contribution in [2.45, 2.75) is 110 Å². The molecule has 0 aromatic heterocycles. The highest BCUT2D eigenvalue weighted by atomic mass is 16.6. The van der Waals surface area contributed by atoms with Crippen LogP contribution in [0.1, 0.15) is 102 Å². The van der Waals surface area contributed by atoms with Gasteiger partial charge in [-0.25, -0.2) is 4.79 Å². The van der Waals surface area contributed by atoms with Crippen LogP contribution in [-0.4, -0.2) is 35.4 Å². The Morgan fingerprint density at radius 2 is 1.74 bits per heavy atom. The molecule has 0 aliphatic carbocycles. The van der Waals surface area contributed by atoms with Crippen molar-refractivity contribution in [2.24, 2.45) is 0 Å². The highest BCUT2D eigenvalue weighted by Gasteiger charge is 2.48. The summed E-state index contributed by atoms with van der Waals surface area (Å²) in [4.78, 5) is 15.1. The van der Waals surface area contributed by atoms with E-state index in [1.54, 1.807) is 4.90 Å². The van der Waals surface area contributed by atoms with Gasteiger partial charge in [-0.2, -0.15) is 0 Å². The van der Waals surface area contributed by atoms with Gasteiger partial charge in [-0.05, 0) is 43.5 Å². The van der Waals surface area contributed by atoms with E-state index in [0.717, 1.165) is 23.1 Å². The molecule has 206 valence electrons. The molecule has 2 atom stereocenters. The van der Waals surface area contributed by atoms with Crippen LogP contribution in [0.4, 0.5) is 4.79 Å². The zero-order valence-electron chi connectivity index (χ0n) is 24.0. The first-order valence-corrected chi connectivity index (χ1v) is 14.3. The van der Waals surface area contributed by atoms with Crippen molar-refractivity contribution >= 4 is 6.09 Å². The molecule has 0 unspecified atom stereocenters. The van der Waals surface area contributed by atoms with Crippen LogP contribution in [0.3, 0.4) is 0 Å². The van der Waals surface area contributed by atoms with Gasteiger partial charge in [-0.3, -0.25) is 4.90 Å². The van der Waals surface area contributed by atoms with E-state index in [2.05, 4.69) is 62.2 Å². The molecule has 5 heteroatoms. The summed E-state index contributed by atoms with van der Waals surface area (Å²) in [6.07, 6.45) is 8.28. The summed E-state index contributed by atoms with van der Waals surface area (Å²) in [5, 5.41) is 3.67. The van der Waals surface area contributed by atoms with Crippen molar-refractivity contribution in [2.75, 3.05) is 6.61 Å². The fraction of sp³-hybridized carbons (Fsp3) is 0.545. The Morgan fingerprint density at radius 1 is 1.05 bits per heavy atom. The number of rotatable bonds is 12. The van der Waals surface area contributed by atoms with Crippen molar-refractivity contribution in [1.29, 1.82) is 0 Å². The quantitative estimate of drug-likeness (QED) is 0.232. The lowest BCUT2D eigenvalue weighted by Gasteiger charge is -2.37. The molecule has 2 aromatic carbocycles. The molecule has 0 radical (unpaired) electrons. The first-order valence-electron chi connectivity index (χ1n) is 14.3. The van der Waals surface area contributed by atoms with E-state index in [1.165, 1.54) is 38.5 Å². The van der Waals surface area contributed by atoms with E-state index >= 15 is 0 Å². The number of ether oxygens (including phenoxy) is 2.